The molecular weight excluding hydrogens is 232 g/mol. The zero-order valence-electron chi connectivity index (χ0n) is 10.3. The third-order valence-corrected chi connectivity index (χ3v) is 2.59. The van der Waals surface area contributed by atoms with Gasteiger partial charge in [-0.2, -0.15) is 0 Å². The van der Waals surface area contributed by atoms with E-state index in [1.54, 1.807) is 0 Å². The van der Waals surface area contributed by atoms with Crippen LogP contribution in [0.2, 0.25) is 0 Å². The molecule has 0 spiro atoms. The van der Waals surface area contributed by atoms with Crippen molar-refractivity contribution in [2.24, 2.45) is 5.73 Å². The normalized spacial score (nSPS) is 13.7. The first-order chi connectivity index (χ1) is 8.50. The van der Waals surface area contributed by atoms with Gasteiger partial charge in [0.25, 0.3) is 0 Å². The molecule has 2 unspecified atom stereocenters. The summed E-state index contributed by atoms with van der Waals surface area (Å²) in [4.78, 5) is 22.4. The average molecular weight is 250 g/mol. The molecule has 1 amide bonds. The fourth-order valence-electron chi connectivity index (χ4n) is 1.52. The lowest BCUT2D eigenvalue weighted by atomic mass is 10.1. The highest BCUT2D eigenvalue weighted by molar-refractivity contribution is 5.86. The monoisotopic (exact) mass is 250 g/mol. The highest BCUT2D eigenvalue weighted by Crippen LogP contribution is 2.05. The molecule has 18 heavy (non-hydrogen) atoms. The summed E-state index contributed by atoms with van der Waals surface area (Å²) >= 11 is 0. The molecule has 98 valence electrons. The molecule has 5 heteroatoms. The topological polar surface area (TPSA) is 92.4 Å². The molecule has 0 fully saturated rings. The smallest absolute Gasteiger partial charge is 0.326 e. The minimum Gasteiger partial charge on any atom is -0.480 e. The molecule has 0 aliphatic carbocycles. The predicted octanol–water partition coefficient (Wildman–Crippen LogP) is 0.536. The zero-order chi connectivity index (χ0) is 13.5. The largest absolute Gasteiger partial charge is 0.480 e. The first-order valence-corrected chi connectivity index (χ1v) is 5.83. The summed E-state index contributed by atoms with van der Waals surface area (Å²) in [6.45, 7) is 1.52. The van der Waals surface area contributed by atoms with Crippen LogP contribution in [0.4, 0.5) is 0 Å². The van der Waals surface area contributed by atoms with E-state index in [2.05, 4.69) is 5.32 Å². The van der Waals surface area contributed by atoms with Crippen LogP contribution in [0.5, 0.6) is 0 Å². The molecule has 0 saturated heterocycles. The van der Waals surface area contributed by atoms with Gasteiger partial charge in [0.15, 0.2) is 0 Å². The van der Waals surface area contributed by atoms with Crippen molar-refractivity contribution in [2.45, 2.75) is 31.8 Å². The Labute approximate surface area is 106 Å². The third-order valence-electron chi connectivity index (χ3n) is 2.59. The molecule has 0 aromatic heterocycles. The lowest BCUT2D eigenvalue weighted by molar-refractivity contribution is -0.142. The molecule has 4 N–H and O–H groups in total. The van der Waals surface area contributed by atoms with E-state index in [1.165, 1.54) is 6.92 Å². The molecule has 1 aromatic rings. The molecule has 0 aliphatic heterocycles. The van der Waals surface area contributed by atoms with Crippen molar-refractivity contribution in [2.75, 3.05) is 0 Å². The number of hydrogen-bond acceptors (Lipinski definition) is 3. The molecule has 2 atom stereocenters. The van der Waals surface area contributed by atoms with Crippen LogP contribution in [0.3, 0.4) is 0 Å². The van der Waals surface area contributed by atoms with E-state index in [1.807, 2.05) is 30.3 Å². The number of benzene rings is 1. The molecule has 0 aliphatic rings. The summed E-state index contributed by atoms with van der Waals surface area (Å²) in [5.74, 6) is -1.49. The van der Waals surface area contributed by atoms with Crippen LogP contribution in [-0.2, 0) is 16.0 Å². The van der Waals surface area contributed by atoms with Gasteiger partial charge in [0.05, 0.1) is 6.04 Å². The average Bonchev–Trinajstić information content (AvgIpc) is 2.34. The number of aryl methyl sites for hydroxylation is 1. The minimum atomic E-state index is -1.04. The molecule has 1 rings (SSSR count). The Kier molecular flexibility index (Phi) is 5.32. The number of carboxylic acids is 1. The third kappa shape index (κ3) is 4.55. The minimum absolute atomic E-state index is 0.345. The number of carbonyl (C=O) groups is 2. The Bertz CT molecular complexity index is 404. The standard InChI is InChI=1S/C13H18N2O3/c1-9(14)12(16)15-11(13(17)18)8-7-10-5-3-2-4-6-10/h2-6,9,11H,7-8,14H2,1H3,(H,15,16)(H,17,18). The van der Waals surface area contributed by atoms with E-state index < -0.39 is 24.0 Å². The highest BCUT2D eigenvalue weighted by atomic mass is 16.4. The number of amides is 1. The summed E-state index contributed by atoms with van der Waals surface area (Å²) in [6.07, 6.45) is 0.939. The number of aliphatic carboxylic acids is 1. The SMILES string of the molecule is CC(N)C(=O)NC(CCc1ccccc1)C(=O)O. The van der Waals surface area contributed by atoms with Gasteiger partial charge < -0.3 is 16.2 Å². The lowest BCUT2D eigenvalue weighted by Crippen LogP contribution is -2.47. The van der Waals surface area contributed by atoms with Gasteiger partial charge in [-0.1, -0.05) is 30.3 Å². The molecule has 0 saturated carbocycles. The number of nitrogens with two attached hydrogens (primary N) is 1. The first kappa shape index (κ1) is 14.2. The summed E-state index contributed by atoms with van der Waals surface area (Å²) in [5, 5.41) is 11.4. The Morgan fingerprint density at radius 3 is 2.44 bits per heavy atom. The van der Waals surface area contributed by atoms with Gasteiger partial charge in [0, 0.05) is 0 Å². The lowest BCUT2D eigenvalue weighted by Gasteiger charge is -2.15. The van der Waals surface area contributed by atoms with Gasteiger partial charge in [-0.05, 0) is 25.3 Å². The second-order valence-electron chi connectivity index (χ2n) is 4.21. The molecule has 0 heterocycles. The predicted molar refractivity (Wildman–Crippen MR) is 68.0 cm³/mol. The van der Waals surface area contributed by atoms with Crippen molar-refractivity contribution in [3.05, 3.63) is 35.9 Å². The summed E-state index contributed by atoms with van der Waals surface area (Å²) < 4.78 is 0. The first-order valence-electron chi connectivity index (χ1n) is 5.83. The second-order valence-corrected chi connectivity index (χ2v) is 4.21. The van der Waals surface area contributed by atoms with E-state index in [9.17, 15) is 9.59 Å². The summed E-state index contributed by atoms with van der Waals surface area (Å²) in [7, 11) is 0. The van der Waals surface area contributed by atoms with Gasteiger partial charge in [-0.15, -0.1) is 0 Å². The number of hydrogen-bond donors (Lipinski definition) is 3. The van der Waals surface area contributed by atoms with Crippen LogP contribution in [0, 0.1) is 0 Å². The van der Waals surface area contributed by atoms with E-state index in [0.29, 0.717) is 12.8 Å². The molecule has 5 nitrogen and oxygen atoms in total. The Morgan fingerprint density at radius 1 is 1.33 bits per heavy atom. The van der Waals surface area contributed by atoms with Gasteiger partial charge in [-0.3, -0.25) is 4.79 Å². The van der Waals surface area contributed by atoms with Gasteiger partial charge >= 0.3 is 5.97 Å². The van der Waals surface area contributed by atoms with Crippen molar-refractivity contribution in [3.8, 4) is 0 Å². The zero-order valence-corrected chi connectivity index (χ0v) is 10.3. The van der Waals surface area contributed by atoms with E-state index in [0.717, 1.165) is 5.56 Å². The van der Waals surface area contributed by atoms with Crippen molar-refractivity contribution in [3.63, 3.8) is 0 Å². The maximum absolute atomic E-state index is 11.4. The van der Waals surface area contributed by atoms with Gasteiger partial charge in [0.2, 0.25) is 5.91 Å². The Morgan fingerprint density at radius 2 is 1.94 bits per heavy atom. The number of carbonyl (C=O) groups excluding carboxylic acids is 1. The Balaban J connectivity index is 2.54. The molecule has 0 bridgehead atoms. The van der Waals surface area contributed by atoms with Crippen molar-refractivity contribution >= 4 is 11.9 Å². The number of rotatable bonds is 6. The van der Waals surface area contributed by atoms with Crippen LogP contribution >= 0.6 is 0 Å². The maximum atomic E-state index is 11.4. The van der Waals surface area contributed by atoms with E-state index in [4.69, 9.17) is 10.8 Å². The quantitative estimate of drug-likeness (QED) is 0.687. The van der Waals surface area contributed by atoms with Crippen LogP contribution in [0.15, 0.2) is 30.3 Å². The second kappa shape index (κ2) is 6.76. The number of carboxylic acid groups (broad SMARTS) is 1. The molecular formula is C13H18N2O3. The van der Waals surface area contributed by atoms with E-state index >= 15 is 0 Å². The summed E-state index contributed by atoms with van der Waals surface area (Å²) in [5.41, 5.74) is 6.43. The maximum Gasteiger partial charge on any atom is 0.326 e. The highest BCUT2D eigenvalue weighted by Gasteiger charge is 2.21. The van der Waals surface area contributed by atoms with Crippen LogP contribution in [0.25, 0.3) is 0 Å². The van der Waals surface area contributed by atoms with Crippen molar-refractivity contribution in [1.29, 1.82) is 0 Å². The molecule has 0 radical (unpaired) electrons. The van der Waals surface area contributed by atoms with E-state index in [-0.39, 0.29) is 0 Å². The van der Waals surface area contributed by atoms with Gasteiger partial charge in [-0.25, -0.2) is 4.79 Å². The fourth-order valence-corrected chi connectivity index (χ4v) is 1.52. The van der Waals surface area contributed by atoms with Crippen LogP contribution in [0.1, 0.15) is 18.9 Å². The number of nitrogens with one attached hydrogen (secondary N) is 1. The van der Waals surface area contributed by atoms with Gasteiger partial charge in [0.1, 0.15) is 6.04 Å². The summed E-state index contributed by atoms with van der Waals surface area (Å²) in [6, 6.07) is 7.93. The molecule has 1 aromatic carbocycles. The van der Waals surface area contributed by atoms with Crippen molar-refractivity contribution < 1.29 is 14.7 Å². The van der Waals surface area contributed by atoms with Crippen LogP contribution < -0.4 is 11.1 Å². The van der Waals surface area contributed by atoms with Crippen LogP contribution in [-0.4, -0.2) is 29.1 Å². The Hall–Kier alpha value is -1.88. The van der Waals surface area contributed by atoms with Crippen molar-refractivity contribution in [1.82, 2.24) is 5.32 Å². The fraction of sp³-hybridized carbons (Fsp3) is 0.385.